The van der Waals surface area contributed by atoms with E-state index in [1.165, 1.54) is 13.2 Å². The number of nitrogens with one attached hydrogen (secondary N) is 1. The van der Waals surface area contributed by atoms with Gasteiger partial charge in [-0.05, 0) is 44.0 Å². The molecule has 0 spiro atoms. The first kappa shape index (κ1) is 17.2. The van der Waals surface area contributed by atoms with Crippen LogP contribution in [0.25, 0.3) is 0 Å². The second-order valence-electron chi connectivity index (χ2n) is 6.32. The first-order valence-corrected chi connectivity index (χ1v) is 8.44. The van der Waals surface area contributed by atoms with Gasteiger partial charge in [-0.3, -0.25) is 4.79 Å². The highest BCUT2D eigenvalue weighted by Crippen LogP contribution is 2.28. The molecule has 3 rings (SSSR count). The molecule has 1 aliphatic heterocycles. The summed E-state index contributed by atoms with van der Waals surface area (Å²) in [5, 5.41) is 13.1. The predicted octanol–water partition coefficient (Wildman–Crippen LogP) is 3.60. The van der Waals surface area contributed by atoms with Crippen molar-refractivity contribution in [3.63, 3.8) is 0 Å². The number of furan rings is 1. The molecule has 0 saturated carbocycles. The highest BCUT2D eigenvalue weighted by molar-refractivity contribution is 5.96. The van der Waals surface area contributed by atoms with Crippen LogP contribution in [0.2, 0.25) is 0 Å². The number of hydrogen-bond acceptors (Lipinski definition) is 4. The number of benzene rings is 1. The number of amides is 2. The van der Waals surface area contributed by atoms with Crippen molar-refractivity contribution >= 4 is 17.5 Å². The Kier molecular flexibility index (Phi) is 5.19. The van der Waals surface area contributed by atoms with Gasteiger partial charge >= 0.3 is 6.03 Å². The number of carbonyl (C=O) groups excluding carboxylic acids is 2. The zero-order valence-corrected chi connectivity index (χ0v) is 14.1. The number of rotatable bonds is 5. The number of carbonyl (C=O) groups is 2. The molecule has 0 aliphatic carbocycles. The number of anilines is 1. The van der Waals surface area contributed by atoms with Crippen LogP contribution in [0.15, 0.2) is 47.1 Å². The standard InChI is InChI=1S/C19H22N2O4/c1-13(22)14-5-2-6-15(11-14)20-19(24)21-9-3-7-16(21)12-17(23)18-8-4-10-25-18/h2,4-6,8,10-11,16-17,23H,3,7,9,12H2,1H3,(H,20,24). The van der Waals surface area contributed by atoms with Crippen LogP contribution < -0.4 is 5.32 Å². The number of urea groups is 1. The fraction of sp³-hybridized carbons (Fsp3) is 0.368. The number of ketones is 1. The zero-order valence-electron chi connectivity index (χ0n) is 14.1. The summed E-state index contributed by atoms with van der Waals surface area (Å²) in [6, 6.07) is 10.1. The van der Waals surface area contributed by atoms with E-state index in [0.717, 1.165) is 12.8 Å². The topological polar surface area (TPSA) is 82.8 Å². The van der Waals surface area contributed by atoms with Gasteiger partial charge in [-0.2, -0.15) is 0 Å². The molecule has 1 saturated heterocycles. The van der Waals surface area contributed by atoms with E-state index < -0.39 is 6.10 Å². The Balaban J connectivity index is 1.64. The van der Waals surface area contributed by atoms with Gasteiger partial charge in [0.15, 0.2) is 5.78 Å². The molecule has 25 heavy (non-hydrogen) atoms. The molecule has 0 bridgehead atoms. The summed E-state index contributed by atoms with van der Waals surface area (Å²) in [6.45, 7) is 2.14. The van der Waals surface area contributed by atoms with Crippen molar-refractivity contribution in [1.82, 2.24) is 4.90 Å². The van der Waals surface area contributed by atoms with Crippen LogP contribution in [0.4, 0.5) is 10.5 Å². The zero-order chi connectivity index (χ0) is 17.8. The van der Waals surface area contributed by atoms with Gasteiger partial charge in [0.25, 0.3) is 0 Å². The third-order valence-electron chi connectivity index (χ3n) is 4.53. The molecule has 2 aromatic rings. The minimum atomic E-state index is -0.727. The Morgan fingerprint density at radius 1 is 1.36 bits per heavy atom. The Morgan fingerprint density at radius 2 is 2.20 bits per heavy atom. The van der Waals surface area contributed by atoms with E-state index in [1.807, 2.05) is 0 Å². The summed E-state index contributed by atoms with van der Waals surface area (Å²) in [7, 11) is 0. The molecule has 2 unspecified atom stereocenters. The molecule has 1 fully saturated rings. The maximum Gasteiger partial charge on any atom is 0.322 e. The summed E-state index contributed by atoms with van der Waals surface area (Å²) < 4.78 is 5.23. The second-order valence-corrected chi connectivity index (χ2v) is 6.32. The number of likely N-dealkylation sites (tertiary alicyclic amines) is 1. The first-order valence-electron chi connectivity index (χ1n) is 8.44. The summed E-state index contributed by atoms with van der Waals surface area (Å²) >= 11 is 0. The largest absolute Gasteiger partial charge is 0.467 e. The average molecular weight is 342 g/mol. The molecular weight excluding hydrogens is 320 g/mol. The van der Waals surface area contributed by atoms with Crippen LogP contribution in [0.1, 0.15) is 48.4 Å². The molecule has 2 atom stereocenters. The Morgan fingerprint density at radius 3 is 2.92 bits per heavy atom. The fourth-order valence-corrected chi connectivity index (χ4v) is 3.21. The monoisotopic (exact) mass is 342 g/mol. The van der Waals surface area contributed by atoms with Crippen LogP contribution >= 0.6 is 0 Å². The van der Waals surface area contributed by atoms with Crippen molar-refractivity contribution in [2.75, 3.05) is 11.9 Å². The molecule has 2 heterocycles. The van der Waals surface area contributed by atoms with Crippen molar-refractivity contribution in [2.45, 2.75) is 38.3 Å². The SMILES string of the molecule is CC(=O)c1cccc(NC(=O)N2CCCC2CC(O)c2ccco2)c1. The van der Waals surface area contributed by atoms with Crippen molar-refractivity contribution in [3.05, 3.63) is 54.0 Å². The first-order chi connectivity index (χ1) is 12.0. The average Bonchev–Trinajstić information content (AvgIpc) is 3.26. The second kappa shape index (κ2) is 7.53. The lowest BCUT2D eigenvalue weighted by molar-refractivity contribution is 0.101. The summed E-state index contributed by atoms with van der Waals surface area (Å²) in [6.07, 6.45) is 2.98. The minimum Gasteiger partial charge on any atom is -0.467 e. The number of nitrogens with zero attached hydrogens (tertiary/aromatic N) is 1. The molecule has 2 amide bonds. The highest BCUT2D eigenvalue weighted by Gasteiger charge is 2.31. The number of hydrogen-bond donors (Lipinski definition) is 2. The molecule has 1 aliphatic rings. The van der Waals surface area contributed by atoms with Crippen molar-refractivity contribution < 1.29 is 19.1 Å². The summed E-state index contributed by atoms with van der Waals surface area (Å²) in [5.41, 5.74) is 1.15. The summed E-state index contributed by atoms with van der Waals surface area (Å²) in [4.78, 5) is 25.8. The number of aliphatic hydroxyl groups excluding tert-OH is 1. The third kappa shape index (κ3) is 4.09. The lowest BCUT2D eigenvalue weighted by Gasteiger charge is -2.26. The molecule has 1 aromatic carbocycles. The van der Waals surface area contributed by atoms with Crippen LogP contribution in [-0.2, 0) is 0 Å². The summed E-state index contributed by atoms with van der Waals surface area (Å²) in [5.74, 6) is 0.470. The molecule has 132 valence electrons. The molecule has 0 radical (unpaired) electrons. The maximum atomic E-state index is 12.6. The highest BCUT2D eigenvalue weighted by atomic mass is 16.4. The van der Waals surface area contributed by atoms with E-state index in [2.05, 4.69) is 5.32 Å². The minimum absolute atomic E-state index is 0.0447. The van der Waals surface area contributed by atoms with Gasteiger partial charge < -0.3 is 19.7 Å². The van der Waals surface area contributed by atoms with E-state index in [9.17, 15) is 14.7 Å². The van der Waals surface area contributed by atoms with Crippen LogP contribution in [0.5, 0.6) is 0 Å². The fourth-order valence-electron chi connectivity index (χ4n) is 3.21. The molecule has 6 nitrogen and oxygen atoms in total. The lowest BCUT2D eigenvalue weighted by atomic mass is 10.1. The maximum absolute atomic E-state index is 12.6. The van der Waals surface area contributed by atoms with E-state index in [0.29, 0.717) is 30.0 Å². The Bertz CT molecular complexity index is 742. The number of aliphatic hydroxyl groups is 1. The van der Waals surface area contributed by atoms with Gasteiger partial charge in [-0.15, -0.1) is 0 Å². The Labute approximate surface area is 146 Å². The quantitative estimate of drug-likeness (QED) is 0.813. The Hall–Kier alpha value is -2.60. The molecule has 1 aromatic heterocycles. The van der Waals surface area contributed by atoms with E-state index in [-0.39, 0.29) is 17.9 Å². The van der Waals surface area contributed by atoms with Crippen molar-refractivity contribution in [3.8, 4) is 0 Å². The smallest absolute Gasteiger partial charge is 0.322 e. The van der Waals surface area contributed by atoms with Crippen LogP contribution in [0, 0.1) is 0 Å². The van der Waals surface area contributed by atoms with Crippen LogP contribution in [0.3, 0.4) is 0 Å². The number of Topliss-reactive ketones (excluding diaryl/α,β-unsaturated/α-hetero) is 1. The van der Waals surface area contributed by atoms with E-state index in [4.69, 9.17) is 4.42 Å². The van der Waals surface area contributed by atoms with Crippen molar-refractivity contribution in [2.24, 2.45) is 0 Å². The predicted molar refractivity (Wildman–Crippen MR) is 93.5 cm³/mol. The molecule has 2 N–H and O–H groups in total. The molecular formula is C19H22N2O4. The normalized spacial score (nSPS) is 18.2. The van der Waals surface area contributed by atoms with Gasteiger partial charge in [0.05, 0.1) is 6.26 Å². The van der Waals surface area contributed by atoms with Crippen molar-refractivity contribution in [1.29, 1.82) is 0 Å². The molecule has 6 heteroatoms. The van der Waals surface area contributed by atoms with Gasteiger partial charge in [0.2, 0.25) is 0 Å². The van der Waals surface area contributed by atoms with Gasteiger partial charge in [0.1, 0.15) is 11.9 Å². The third-order valence-corrected chi connectivity index (χ3v) is 4.53. The van der Waals surface area contributed by atoms with E-state index >= 15 is 0 Å². The lowest BCUT2D eigenvalue weighted by Crippen LogP contribution is -2.39. The van der Waals surface area contributed by atoms with Gasteiger partial charge in [-0.25, -0.2) is 4.79 Å². The van der Waals surface area contributed by atoms with E-state index in [1.54, 1.807) is 41.3 Å². The van der Waals surface area contributed by atoms with Gasteiger partial charge in [-0.1, -0.05) is 12.1 Å². The van der Waals surface area contributed by atoms with Crippen LogP contribution in [-0.4, -0.2) is 34.4 Å². The van der Waals surface area contributed by atoms with Gasteiger partial charge in [0, 0.05) is 30.3 Å².